The number of hydrogen-bond acceptors (Lipinski definition) is 10. The first-order valence-electron chi connectivity index (χ1n) is 15.4. The number of rotatable bonds is 4. The Balaban J connectivity index is 0.000000266. The molecule has 2 aliphatic heterocycles. The van der Waals surface area contributed by atoms with E-state index in [0.717, 1.165) is 43.8 Å². The summed E-state index contributed by atoms with van der Waals surface area (Å²) in [5.41, 5.74) is 6.45. The molecule has 0 aliphatic carbocycles. The number of carbonyl (C=O) groups is 4. The third kappa shape index (κ3) is 5.22. The molecule has 5 heterocycles. The predicted octanol–water partition coefficient (Wildman–Crippen LogP) is 7.72. The molecule has 53 heavy (non-hydrogen) atoms. The maximum absolute atomic E-state index is 10.3. The minimum atomic E-state index is -5.10. The normalized spacial score (nSPS) is 11.9. The first-order chi connectivity index (χ1) is 25.6. The van der Waals surface area contributed by atoms with Crippen molar-refractivity contribution in [2.75, 3.05) is 0 Å². The van der Waals surface area contributed by atoms with Crippen LogP contribution in [0.15, 0.2) is 97.1 Å². The summed E-state index contributed by atoms with van der Waals surface area (Å²) >= 11 is -5.10. The van der Waals surface area contributed by atoms with Gasteiger partial charge in [0.1, 0.15) is 22.6 Å². The van der Waals surface area contributed by atoms with Gasteiger partial charge in [0.2, 0.25) is 0 Å². The van der Waals surface area contributed by atoms with Gasteiger partial charge in [-0.1, -0.05) is 97.1 Å². The number of nitrogens with one attached hydrogen (secondary N) is 2. The number of carboxylic acid groups (broad SMARTS) is 4. The number of nitrogens with zero attached hydrogens (tertiary/aromatic N) is 6. The van der Waals surface area contributed by atoms with Crippen molar-refractivity contribution in [2.24, 2.45) is 0 Å². The van der Waals surface area contributed by atoms with Gasteiger partial charge >= 0.3 is 71.8 Å². The summed E-state index contributed by atoms with van der Waals surface area (Å²) in [6.07, 6.45) is 0. The van der Waals surface area contributed by atoms with Gasteiger partial charge in [-0.2, -0.15) is 0 Å². The van der Waals surface area contributed by atoms with Crippen LogP contribution in [0, 0.1) is 0 Å². The van der Waals surface area contributed by atoms with Gasteiger partial charge in [-0.3, -0.25) is 0 Å². The molecule has 0 saturated heterocycles. The summed E-state index contributed by atoms with van der Waals surface area (Å²) < 4.78 is 0. The van der Waals surface area contributed by atoms with Crippen LogP contribution in [-0.2, 0) is 12.6 Å². The Labute approximate surface area is 297 Å². The Morgan fingerprint density at radius 1 is 0.377 bits per heavy atom. The van der Waals surface area contributed by atoms with Crippen molar-refractivity contribution in [3.8, 4) is 45.6 Å². The third-order valence-corrected chi connectivity index (χ3v) is 11.0. The second-order valence-corrected chi connectivity index (χ2v) is 14.6. The molecule has 17 heteroatoms. The molecule has 263 valence electrons. The average Bonchev–Trinajstić information content (AvgIpc) is 3.87. The Kier molecular flexibility index (Phi) is 7.70. The minimum absolute atomic E-state index is 0.597. The van der Waals surface area contributed by atoms with Gasteiger partial charge in [0.15, 0.2) is 23.3 Å². The van der Waals surface area contributed by atoms with Crippen molar-refractivity contribution in [3.05, 3.63) is 97.1 Å². The van der Waals surface area contributed by atoms with E-state index in [4.69, 9.17) is 50.3 Å². The smallest absolute Gasteiger partial charge is 0.164 e. The summed E-state index contributed by atoms with van der Waals surface area (Å²) in [6, 6.07) is 32.2. The van der Waals surface area contributed by atoms with Gasteiger partial charge in [0.05, 0.1) is 0 Å². The monoisotopic (exact) mass is 753 g/mol. The second kappa shape index (κ2) is 12.4. The summed E-state index contributed by atoms with van der Waals surface area (Å²) in [5.74, 6) is 2.39. The number of aromatic nitrogens is 8. The molecule has 0 saturated carbocycles. The van der Waals surface area contributed by atoms with Crippen LogP contribution in [0.2, 0.25) is 0 Å². The molecule has 0 fully saturated rings. The summed E-state index contributed by atoms with van der Waals surface area (Å²) in [6.45, 7) is 0. The number of fused-ring (bicyclic) bond motifs is 20. The van der Waals surface area contributed by atoms with Gasteiger partial charge in [-0.15, -0.1) is 0 Å². The standard InChI is InChI=1S/C32H18N8.4CHO2.Co/c1-2-10-18-17(9-1)25-33-26(18)38-28-21-13-5-6-14-22(21)30(35-28)40-32-24-16-8-7-15-23(24)31(36-32)39-29-20-12-4-3-11-19(20)27(34-29)37-25;4*2-1-3;/h1-16H,(H2,33,34,35,36,37,38,39,40);4*(H,2,3);. The zero-order chi connectivity index (χ0) is 37.0. The van der Waals surface area contributed by atoms with Crippen molar-refractivity contribution in [1.29, 1.82) is 0 Å². The molecule has 6 N–H and O–H groups in total. The third-order valence-electron chi connectivity index (χ3n) is 8.32. The van der Waals surface area contributed by atoms with Crippen molar-refractivity contribution >= 4 is 63.7 Å². The van der Waals surface area contributed by atoms with Crippen LogP contribution in [0.25, 0.3) is 89.7 Å². The Hall–Kier alpha value is -7.37. The van der Waals surface area contributed by atoms with E-state index in [1.54, 1.807) is 0 Å². The van der Waals surface area contributed by atoms with Gasteiger partial charge < -0.3 is 9.97 Å². The fourth-order valence-corrected chi connectivity index (χ4v) is 7.10. The van der Waals surface area contributed by atoms with Gasteiger partial charge in [-0.25, -0.2) is 29.9 Å². The quantitative estimate of drug-likeness (QED) is 0.101. The van der Waals surface area contributed by atoms with Crippen molar-refractivity contribution in [3.63, 3.8) is 0 Å². The van der Waals surface area contributed by atoms with Crippen LogP contribution >= 0.6 is 0 Å². The first kappa shape index (κ1) is 32.8. The summed E-state index contributed by atoms with van der Waals surface area (Å²) in [5, 5.41) is 36.8. The van der Waals surface area contributed by atoms with Crippen molar-refractivity contribution in [1.82, 2.24) is 39.9 Å². The number of hydrogen-bond donors (Lipinski definition) is 6. The Morgan fingerprint density at radius 3 is 0.811 bits per heavy atom. The SMILES string of the molecule is O=[C](O)[Co]([C](=O)O)([C](=O)O)[C](=O)O.c1ccc2c(c1)-c1nc-2nc2[nH]c(nc3nc(nc4[nH]c(n1)c1ccccc41)-c1ccccc1-3)c1ccccc21. The molecule has 7 aromatic rings. The van der Waals surface area contributed by atoms with E-state index >= 15 is 0 Å². The van der Waals surface area contributed by atoms with E-state index in [2.05, 4.69) is 9.97 Å². The van der Waals surface area contributed by atoms with Crippen LogP contribution in [0.3, 0.4) is 0 Å². The average molecular weight is 754 g/mol. The van der Waals surface area contributed by atoms with Gasteiger partial charge in [0, 0.05) is 43.8 Å². The van der Waals surface area contributed by atoms with Crippen LogP contribution in [0.4, 0.5) is 19.2 Å². The molecule has 16 nitrogen and oxygen atoms in total. The number of benzene rings is 4. The summed E-state index contributed by atoms with van der Waals surface area (Å²) in [7, 11) is 0. The molecule has 0 unspecified atom stereocenters. The molecular weight excluding hydrogens is 731 g/mol. The zero-order valence-electron chi connectivity index (χ0n) is 26.7. The van der Waals surface area contributed by atoms with E-state index < -0.39 is 32.2 Å². The molecular formula is C36H22CoN8O8. The van der Waals surface area contributed by atoms with E-state index in [1.165, 1.54) is 0 Å². The maximum atomic E-state index is 10.3. The fraction of sp³-hybridized carbons (Fsp3) is 0. The number of H-pyrrole nitrogens is 2. The van der Waals surface area contributed by atoms with Crippen LogP contribution in [0.1, 0.15) is 0 Å². The number of aromatic amines is 2. The largest absolute Gasteiger partial charge is 0.324 e. The van der Waals surface area contributed by atoms with Crippen LogP contribution < -0.4 is 0 Å². The zero-order valence-corrected chi connectivity index (χ0v) is 27.7. The van der Waals surface area contributed by atoms with Gasteiger partial charge in [0.25, 0.3) is 0 Å². The van der Waals surface area contributed by atoms with E-state index in [-0.39, 0.29) is 0 Å². The Bertz CT molecular complexity index is 2520. The van der Waals surface area contributed by atoms with Crippen molar-refractivity contribution in [2.45, 2.75) is 0 Å². The van der Waals surface area contributed by atoms with E-state index in [1.807, 2.05) is 97.1 Å². The molecule has 8 bridgehead atoms. The van der Waals surface area contributed by atoms with Crippen LogP contribution in [0.5, 0.6) is 0 Å². The molecule has 4 aromatic carbocycles. The topological polar surface area (TPSA) is 258 Å². The van der Waals surface area contributed by atoms with Crippen LogP contribution in [-0.4, -0.2) is 79.9 Å². The molecule has 0 atom stereocenters. The Morgan fingerprint density at radius 2 is 0.604 bits per heavy atom. The maximum Gasteiger partial charge on any atom is 0.164 e. The summed E-state index contributed by atoms with van der Waals surface area (Å²) in [4.78, 5) is 68.4. The molecule has 0 radical (unpaired) electrons. The predicted molar refractivity (Wildman–Crippen MR) is 188 cm³/mol. The van der Waals surface area contributed by atoms with E-state index in [0.29, 0.717) is 45.9 Å². The van der Waals surface area contributed by atoms with Crippen molar-refractivity contribution < 1.29 is 52.2 Å². The fourth-order valence-electron chi connectivity index (χ4n) is 5.96. The first-order valence-corrected chi connectivity index (χ1v) is 17.5. The molecule has 2 aliphatic rings. The molecule has 0 spiro atoms. The molecule has 9 rings (SSSR count). The molecule has 3 aromatic heterocycles. The van der Waals surface area contributed by atoms with E-state index in [9.17, 15) is 19.2 Å². The van der Waals surface area contributed by atoms with Gasteiger partial charge in [-0.05, 0) is 0 Å². The second-order valence-electron chi connectivity index (χ2n) is 11.2. The molecule has 0 amide bonds. The minimum Gasteiger partial charge on any atom is -0.324 e.